The van der Waals surface area contributed by atoms with E-state index in [4.69, 9.17) is 4.74 Å². The van der Waals surface area contributed by atoms with Crippen molar-refractivity contribution < 1.29 is 37.7 Å². The number of phenols is 1. The monoisotopic (exact) mass is 424 g/mol. The maximum absolute atomic E-state index is 13.9. The average molecular weight is 424 g/mol. The van der Waals surface area contributed by atoms with Crippen LogP contribution in [0.5, 0.6) is 11.5 Å². The van der Waals surface area contributed by atoms with E-state index in [-0.39, 0.29) is 22.6 Å². The van der Waals surface area contributed by atoms with Gasteiger partial charge in [0.15, 0.2) is 17.3 Å². The molecule has 0 saturated carbocycles. The molecule has 3 rings (SSSR count). The fourth-order valence-corrected chi connectivity index (χ4v) is 3.40. The molecule has 1 heterocycles. The van der Waals surface area contributed by atoms with E-state index < -0.39 is 35.7 Å². The van der Waals surface area contributed by atoms with Gasteiger partial charge in [-0.3, -0.25) is 4.79 Å². The molecule has 2 aromatic carbocycles. The van der Waals surface area contributed by atoms with Crippen molar-refractivity contribution in [1.29, 1.82) is 0 Å². The highest BCUT2D eigenvalue weighted by Gasteiger charge is 2.66. The van der Waals surface area contributed by atoms with Gasteiger partial charge in [0.25, 0.3) is 0 Å². The fourth-order valence-electron chi connectivity index (χ4n) is 3.40. The smallest absolute Gasteiger partial charge is 0.437 e. The summed E-state index contributed by atoms with van der Waals surface area (Å²) in [5, 5.41) is 24.1. The molecular weight excluding hydrogens is 405 g/mol. The van der Waals surface area contributed by atoms with Crippen molar-refractivity contribution in [2.45, 2.75) is 24.9 Å². The van der Waals surface area contributed by atoms with Crippen LogP contribution in [0.15, 0.2) is 42.5 Å². The summed E-state index contributed by atoms with van der Waals surface area (Å²) in [5.41, 5.74) is -3.07. The molecule has 0 bridgehead atoms. The molecule has 30 heavy (non-hydrogen) atoms. The Morgan fingerprint density at radius 1 is 1.17 bits per heavy atom. The number of rotatable bonds is 4. The summed E-state index contributed by atoms with van der Waals surface area (Å²) >= 11 is 0. The van der Waals surface area contributed by atoms with Crippen LogP contribution >= 0.6 is 0 Å². The van der Waals surface area contributed by atoms with E-state index in [0.29, 0.717) is 0 Å². The summed E-state index contributed by atoms with van der Waals surface area (Å²) in [6.45, 7) is 1.74. The Morgan fingerprint density at radius 3 is 2.37 bits per heavy atom. The van der Waals surface area contributed by atoms with Crippen LogP contribution in [-0.2, 0) is 0 Å². The zero-order chi connectivity index (χ0) is 22.3. The first-order chi connectivity index (χ1) is 14.0. The minimum Gasteiger partial charge on any atom is -0.504 e. The van der Waals surface area contributed by atoms with Crippen LogP contribution < -0.4 is 15.4 Å². The first-order valence-electron chi connectivity index (χ1n) is 8.83. The van der Waals surface area contributed by atoms with Crippen LogP contribution in [0.3, 0.4) is 0 Å². The predicted molar refractivity (Wildman–Crippen MR) is 99.1 cm³/mol. The van der Waals surface area contributed by atoms with Crippen LogP contribution in [0.25, 0.3) is 0 Å². The number of benzene rings is 2. The quantitative estimate of drug-likeness (QED) is 0.565. The third-order valence-corrected chi connectivity index (χ3v) is 4.99. The van der Waals surface area contributed by atoms with E-state index in [9.17, 15) is 33.0 Å². The lowest BCUT2D eigenvalue weighted by molar-refractivity contribution is -0.287. The molecule has 0 aromatic heterocycles. The Balaban J connectivity index is 2.18. The van der Waals surface area contributed by atoms with Crippen LogP contribution in [-0.4, -0.2) is 41.0 Å². The number of carbonyl (C=O) groups excluding carboxylic acids is 2. The van der Waals surface area contributed by atoms with Gasteiger partial charge in [-0.05, 0) is 24.6 Å². The van der Waals surface area contributed by atoms with E-state index in [1.165, 1.54) is 36.7 Å². The summed E-state index contributed by atoms with van der Waals surface area (Å²) in [5.74, 6) is -3.54. The highest BCUT2D eigenvalue weighted by molar-refractivity contribution is 6.00. The van der Waals surface area contributed by atoms with Crippen LogP contribution in [0.1, 0.15) is 27.5 Å². The third kappa shape index (κ3) is 3.65. The van der Waals surface area contributed by atoms with Gasteiger partial charge in [-0.15, -0.1) is 0 Å². The van der Waals surface area contributed by atoms with E-state index >= 15 is 0 Å². The summed E-state index contributed by atoms with van der Waals surface area (Å²) in [4.78, 5) is 25.2. The normalized spacial score (nSPS) is 24.0. The molecule has 1 fully saturated rings. The summed E-state index contributed by atoms with van der Waals surface area (Å²) in [6.07, 6.45) is -5.35. The summed E-state index contributed by atoms with van der Waals surface area (Å²) in [6, 6.07) is 6.51. The van der Waals surface area contributed by atoms with E-state index in [1.54, 1.807) is 19.1 Å². The lowest BCUT2D eigenvalue weighted by Gasteiger charge is -2.45. The number of aliphatic hydroxyl groups is 1. The molecule has 4 N–H and O–H groups in total. The minimum atomic E-state index is -5.35. The second-order valence-corrected chi connectivity index (χ2v) is 6.98. The first kappa shape index (κ1) is 21.4. The Labute approximate surface area is 169 Å². The molecule has 10 heteroatoms. The minimum absolute atomic E-state index is 0.0348. The molecule has 0 spiro atoms. The van der Waals surface area contributed by atoms with Crippen LogP contribution in [0, 0.1) is 12.8 Å². The van der Waals surface area contributed by atoms with Crippen molar-refractivity contribution in [3.63, 3.8) is 0 Å². The predicted octanol–water partition coefficient (Wildman–Crippen LogP) is 2.81. The number of alkyl halides is 3. The SMILES string of the molecule is COc1cc([C@H]2NC(=O)N[C@](O)(C(F)(F)F)[C@H]2C(=O)c2ccc(C)cc2)ccc1O. The van der Waals surface area contributed by atoms with Gasteiger partial charge in [0.1, 0.15) is 5.92 Å². The largest absolute Gasteiger partial charge is 0.504 e. The second kappa shape index (κ2) is 7.52. The lowest BCUT2D eigenvalue weighted by atomic mass is 9.77. The van der Waals surface area contributed by atoms with E-state index in [1.807, 2.05) is 0 Å². The zero-order valence-corrected chi connectivity index (χ0v) is 15.9. The number of methoxy groups -OCH3 is 1. The number of carbonyl (C=O) groups is 2. The number of aryl methyl sites for hydroxylation is 1. The lowest BCUT2D eigenvalue weighted by Crippen LogP contribution is -2.72. The number of Topliss-reactive ketones (excluding diaryl/α,β-unsaturated/α-hetero) is 1. The summed E-state index contributed by atoms with van der Waals surface area (Å²) in [7, 11) is 1.24. The molecular formula is C20H19F3N2O5. The van der Waals surface area contributed by atoms with Gasteiger partial charge in [-0.1, -0.05) is 35.9 Å². The topological polar surface area (TPSA) is 108 Å². The molecule has 160 valence electrons. The van der Waals surface area contributed by atoms with E-state index in [0.717, 1.165) is 11.6 Å². The number of hydrogen-bond acceptors (Lipinski definition) is 5. The van der Waals surface area contributed by atoms with Crippen LogP contribution in [0.4, 0.5) is 18.0 Å². The van der Waals surface area contributed by atoms with Gasteiger partial charge < -0.3 is 25.6 Å². The standard InChI is InChI=1S/C20H19F3N2O5/c1-10-3-5-11(6-4-10)17(27)15-16(12-7-8-13(26)14(9-12)30-2)24-18(28)25-19(15,29)20(21,22)23/h3-9,15-16,26,29H,1-2H3,(H2,24,25,28)/t15-,16-,19-/m1/s1. The van der Waals surface area contributed by atoms with Crippen molar-refractivity contribution in [1.82, 2.24) is 10.6 Å². The molecule has 0 unspecified atom stereocenters. The number of urea groups is 1. The molecule has 0 aliphatic carbocycles. The number of phenolic OH excluding ortho intramolecular Hbond substituents is 1. The van der Waals surface area contributed by atoms with Gasteiger partial charge in [0.05, 0.1) is 13.2 Å². The Morgan fingerprint density at radius 2 is 1.80 bits per heavy atom. The Hall–Kier alpha value is -3.27. The summed E-state index contributed by atoms with van der Waals surface area (Å²) < 4.78 is 46.6. The van der Waals surface area contributed by atoms with Gasteiger partial charge >= 0.3 is 12.2 Å². The van der Waals surface area contributed by atoms with Gasteiger partial charge in [0, 0.05) is 5.56 Å². The Bertz CT molecular complexity index is 977. The van der Waals surface area contributed by atoms with E-state index in [2.05, 4.69) is 5.32 Å². The zero-order valence-electron chi connectivity index (χ0n) is 15.9. The molecule has 3 atom stereocenters. The number of nitrogens with one attached hydrogen (secondary N) is 2. The average Bonchev–Trinajstić information content (AvgIpc) is 2.67. The number of hydrogen-bond donors (Lipinski definition) is 4. The van der Waals surface area contributed by atoms with Crippen molar-refractivity contribution in [2.75, 3.05) is 7.11 Å². The van der Waals surface area contributed by atoms with Crippen molar-refractivity contribution in [2.24, 2.45) is 5.92 Å². The van der Waals surface area contributed by atoms with Crippen LogP contribution in [0.2, 0.25) is 0 Å². The molecule has 0 radical (unpaired) electrons. The molecule has 1 aliphatic rings. The maximum atomic E-state index is 13.9. The Kier molecular flexibility index (Phi) is 5.38. The molecule has 1 aliphatic heterocycles. The third-order valence-electron chi connectivity index (χ3n) is 4.99. The number of aromatic hydroxyl groups is 1. The van der Waals surface area contributed by atoms with Crippen molar-refractivity contribution in [3.05, 3.63) is 59.2 Å². The number of halogens is 3. The molecule has 1 saturated heterocycles. The number of amides is 2. The highest BCUT2D eigenvalue weighted by Crippen LogP contribution is 2.45. The van der Waals surface area contributed by atoms with Gasteiger partial charge in [-0.25, -0.2) is 4.79 Å². The van der Waals surface area contributed by atoms with Crippen molar-refractivity contribution in [3.8, 4) is 11.5 Å². The first-order valence-corrected chi connectivity index (χ1v) is 8.83. The molecule has 2 amide bonds. The molecule has 2 aromatic rings. The number of ether oxygens (including phenoxy) is 1. The maximum Gasteiger partial charge on any atom is 0.437 e. The van der Waals surface area contributed by atoms with Gasteiger partial charge in [-0.2, -0.15) is 13.2 Å². The number of ketones is 1. The molecule has 7 nitrogen and oxygen atoms in total. The highest BCUT2D eigenvalue weighted by atomic mass is 19.4. The fraction of sp³-hybridized carbons (Fsp3) is 0.300. The second-order valence-electron chi connectivity index (χ2n) is 6.98. The van der Waals surface area contributed by atoms with Gasteiger partial charge in [0.2, 0.25) is 5.72 Å². The van der Waals surface area contributed by atoms with Crippen molar-refractivity contribution >= 4 is 11.8 Å².